The zero-order valence-corrected chi connectivity index (χ0v) is 11.5. The Hall–Kier alpha value is -1.06. The van der Waals surface area contributed by atoms with Gasteiger partial charge in [-0.05, 0) is 24.5 Å². The van der Waals surface area contributed by atoms with E-state index in [0.717, 1.165) is 25.3 Å². The monoisotopic (exact) mass is 250 g/mol. The molecule has 3 nitrogen and oxygen atoms in total. The summed E-state index contributed by atoms with van der Waals surface area (Å²) in [6.45, 7) is 10.3. The lowest BCUT2D eigenvalue weighted by Crippen LogP contribution is -2.22. The largest absolute Gasteiger partial charge is 0.384 e. The molecule has 0 amide bonds. The Morgan fingerprint density at radius 2 is 1.89 bits per heavy atom. The molecule has 2 N–H and O–H groups in total. The number of ether oxygens (including phenoxy) is 1. The van der Waals surface area contributed by atoms with Crippen molar-refractivity contribution >= 4 is 0 Å². The van der Waals surface area contributed by atoms with E-state index in [1.54, 1.807) is 7.11 Å². The molecule has 0 radical (unpaired) electrons. The Morgan fingerprint density at radius 3 is 2.39 bits per heavy atom. The van der Waals surface area contributed by atoms with E-state index in [9.17, 15) is 0 Å². The number of hydrogen-bond acceptors (Lipinski definition) is 3. The van der Waals surface area contributed by atoms with Gasteiger partial charge < -0.3 is 15.4 Å². The lowest BCUT2D eigenvalue weighted by molar-refractivity contribution is 0.109. The molecule has 0 aromatic carbocycles. The van der Waals surface area contributed by atoms with Gasteiger partial charge in [0.25, 0.3) is 0 Å². The first kappa shape index (κ1) is 15.0. The fraction of sp³-hybridized carbons (Fsp3) is 0.600. The zero-order chi connectivity index (χ0) is 13.2. The Balaban J connectivity index is 0.000000199. The van der Waals surface area contributed by atoms with E-state index in [1.165, 1.54) is 31.3 Å². The maximum absolute atomic E-state index is 5.11. The molecule has 2 rings (SSSR count). The minimum Gasteiger partial charge on any atom is -0.384 e. The van der Waals surface area contributed by atoms with Crippen molar-refractivity contribution in [2.24, 2.45) is 0 Å². The quantitative estimate of drug-likeness (QED) is 0.807. The van der Waals surface area contributed by atoms with Crippen LogP contribution in [0, 0.1) is 0 Å². The average molecular weight is 250 g/mol. The summed E-state index contributed by atoms with van der Waals surface area (Å²) in [4.78, 5) is 0. The Labute approximate surface area is 111 Å². The van der Waals surface area contributed by atoms with Crippen molar-refractivity contribution in [3.8, 4) is 0 Å². The highest BCUT2D eigenvalue weighted by atomic mass is 16.5. The van der Waals surface area contributed by atoms with Gasteiger partial charge in [-0.25, -0.2) is 0 Å². The van der Waals surface area contributed by atoms with Crippen LogP contribution in [-0.4, -0.2) is 32.8 Å². The molecule has 1 saturated carbocycles. The first-order valence-electron chi connectivity index (χ1n) is 6.77. The van der Waals surface area contributed by atoms with Crippen molar-refractivity contribution in [1.29, 1.82) is 0 Å². The van der Waals surface area contributed by atoms with E-state index in [1.807, 2.05) is 12.2 Å². The first-order chi connectivity index (χ1) is 8.81. The van der Waals surface area contributed by atoms with Crippen LogP contribution in [0.5, 0.6) is 0 Å². The van der Waals surface area contributed by atoms with Gasteiger partial charge >= 0.3 is 0 Å². The molecule has 3 heteroatoms. The second-order valence-electron chi connectivity index (χ2n) is 4.59. The van der Waals surface area contributed by atoms with E-state index in [0.29, 0.717) is 6.10 Å². The summed E-state index contributed by atoms with van der Waals surface area (Å²) >= 11 is 0. The molecular formula is C15H26N2O. The topological polar surface area (TPSA) is 33.3 Å². The molecule has 18 heavy (non-hydrogen) atoms. The molecule has 1 fully saturated rings. The average Bonchev–Trinajstić information content (AvgIpc) is 2.83. The zero-order valence-electron chi connectivity index (χ0n) is 11.5. The maximum atomic E-state index is 5.11. The van der Waals surface area contributed by atoms with Crippen LogP contribution in [0.3, 0.4) is 0 Å². The molecule has 1 heterocycles. The van der Waals surface area contributed by atoms with E-state index >= 15 is 0 Å². The van der Waals surface area contributed by atoms with E-state index < -0.39 is 0 Å². The van der Waals surface area contributed by atoms with Crippen molar-refractivity contribution in [3.05, 3.63) is 36.6 Å². The molecule has 0 saturated heterocycles. The van der Waals surface area contributed by atoms with Gasteiger partial charge in [0.05, 0.1) is 6.10 Å². The third-order valence-corrected chi connectivity index (χ3v) is 3.36. The molecule has 0 atom stereocenters. The summed E-state index contributed by atoms with van der Waals surface area (Å²) in [7, 11) is 1.80. The Bertz CT molecular complexity index is 271. The SMILES string of the molecule is C=CC1=C(C=C)NCCNC1.COC1CCCC1. The van der Waals surface area contributed by atoms with Crippen LogP contribution in [-0.2, 0) is 4.74 Å². The summed E-state index contributed by atoms with van der Waals surface area (Å²) < 4.78 is 5.11. The van der Waals surface area contributed by atoms with Crippen LogP contribution in [0.15, 0.2) is 36.6 Å². The maximum Gasteiger partial charge on any atom is 0.0571 e. The summed E-state index contributed by atoms with van der Waals surface area (Å²) in [6.07, 6.45) is 9.62. The predicted molar refractivity (Wildman–Crippen MR) is 77.6 cm³/mol. The highest BCUT2D eigenvalue weighted by Gasteiger charge is 2.12. The molecule has 0 unspecified atom stereocenters. The second kappa shape index (κ2) is 8.95. The summed E-state index contributed by atoms with van der Waals surface area (Å²) in [5.41, 5.74) is 2.29. The van der Waals surface area contributed by atoms with Crippen LogP contribution >= 0.6 is 0 Å². The lowest BCUT2D eigenvalue weighted by atomic mass is 10.2. The molecule has 0 aromatic heterocycles. The molecular weight excluding hydrogens is 224 g/mol. The normalized spacial score (nSPS) is 20.5. The van der Waals surface area contributed by atoms with Gasteiger partial charge in [0.2, 0.25) is 0 Å². The second-order valence-corrected chi connectivity index (χ2v) is 4.59. The van der Waals surface area contributed by atoms with Gasteiger partial charge in [-0.2, -0.15) is 0 Å². The smallest absolute Gasteiger partial charge is 0.0571 e. The lowest BCUT2D eigenvalue weighted by Gasteiger charge is -2.04. The highest BCUT2D eigenvalue weighted by Crippen LogP contribution is 2.19. The van der Waals surface area contributed by atoms with E-state index in [4.69, 9.17) is 4.74 Å². The molecule has 1 aliphatic heterocycles. The summed E-state index contributed by atoms with van der Waals surface area (Å²) in [5, 5.41) is 6.53. The molecule has 0 bridgehead atoms. The van der Waals surface area contributed by atoms with Crippen LogP contribution in [0.25, 0.3) is 0 Å². The molecule has 0 spiro atoms. The van der Waals surface area contributed by atoms with Gasteiger partial charge in [-0.1, -0.05) is 32.1 Å². The van der Waals surface area contributed by atoms with Crippen molar-refractivity contribution in [1.82, 2.24) is 10.6 Å². The van der Waals surface area contributed by atoms with E-state index in [2.05, 4.69) is 23.8 Å². The van der Waals surface area contributed by atoms with Crippen molar-refractivity contribution in [2.45, 2.75) is 31.8 Å². The number of methoxy groups -OCH3 is 1. The van der Waals surface area contributed by atoms with Crippen molar-refractivity contribution < 1.29 is 4.74 Å². The van der Waals surface area contributed by atoms with Crippen molar-refractivity contribution in [2.75, 3.05) is 26.7 Å². The summed E-state index contributed by atoms with van der Waals surface area (Å²) in [6, 6.07) is 0. The van der Waals surface area contributed by atoms with Gasteiger partial charge in [0.15, 0.2) is 0 Å². The third kappa shape index (κ3) is 5.07. The first-order valence-corrected chi connectivity index (χ1v) is 6.77. The molecule has 102 valence electrons. The number of allylic oxidation sites excluding steroid dienone is 1. The third-order valence-electron chi connectivity index (χ3n) is 3.36. The summed E-state index contributed by atoms with van der Waals surface area (Å²) in [5.74, 6) is 0. The molecule has 0 aromatic rings. The molecule has 1 aliphatic carbocycles. The Morgan fingerprint density at radius 1 is 1.17 bits per heavy atom. The van der Waals surface area contributed by atoms with Gasteiger partial charge in [-0.15, -0.1) is 0 Å². The van der Waals surface area contributed by atoms with Crippen LogP contribution in [0.2, 0.25) is 0 Å². The minimum atomic E-state index is 0.597. The van der Waals surface area contributed by atoms with Gasteiger partial charge in [0, 0.05) is 32.4 Å². The number of nitrogens with one attached hydrogen (secondary N) is 2. The van der Waals surface area contributed by atoms with Crippen LogP contribution in [0.1, 0.15) is 25.7 Å². The standard InChI is InChI=1S/C9H14N2.C6H12O/c1-3-8-7-10-5-6-11-9(8)4-2;1-7-6-4-2-3-5-6/h3-4,10-11H,1-2,5-7H2;6H,2-5H2,1H3. The van der Waals surface area contributed by atoms with E-state index in [-0.39, 0.29) is 0 Å². The van der Waals surface area contributed by atoms with Crippen LogP contribution < -0.4 is 10.6 Å². The molecule has 2 aliphatic rings. The number of rotatable bonds is 3. The van der Waals surface area contributed by atoms with Crippen LogP contribution in [0.4, 0.5) is 0 Å². The Kier molecular flexibility index (Phi) is 7.46. The van der Waals surface area contributed by atoms with Gasteiger partial charge in [-0.3, -0.25) is 0 Å². The highest BCUT2D eigenvalue weighted by molar-refractivity contribution is 5.31. The fourth-order valence-corrected chi connectivity index (χ4v) is 2.23. The fourth-order valence-electron chi connectivity index (χ4n) is 2.23. The minimum absolute atomic E-state index is 0.597. The van der Waals surface area contributed by atoms with Gasteiger partial charge in [0.1, 0.15) is 0 Å². The van der Waals surface area contributed by atoms with Crippen molar-refractivity contribution in [3.63, 3.8) is 0 Å². The predicted octanol–water partition coefficient (Wildman–Crippen LogP) is 2.38. The number of hydrogen-bond donors (Lipinski definition) is 2.